The van der Waals surface area contributed by atoms with Crippen LogP contribution in [0.25, 0.3) is 0 Å². The Hall–Kier alpha value is -2.38. The van der Waals surface area contributed by atoms with Gasteiger partial charge in [0.1, 0.15) is 5.84 Å². The molecule has 0 radical (unpaired) electrons. The summed E-state index contributed by atoms with van der Waals surface area (Å²) in [4.78, 5) is 15.3. The Balaban J connectivity index is 0.000000324. The van der Waals surface area contributed by atoms with Crippen molar-refractivity contribution in [3.63, 3.8) is 0 Å². The molecule has 2 rings (SSSR count). The standard InChI is InChI=1S/C12H16N4O.C6H14N2/c1-8-4-3-5-9(6-8)16-11(13)10(7-15-2)12(14)17;7-5-3-1-2-4-6(5)8/h3-7,15H,1-2H3,(H2,13,16)(H2,14,17);5-6H,1-4,7-8H2/b10-7+;. The van der Waals surface area contributed by atoms with Crippen molar-refractivity contribution in [1.29, 1.82) is 0 Å². The van der Waals surface area contributed by atoms with Gasteiger partial charge in [-0.15, -0.1) is 0 Å². The topological polar surface area (TPSA) is 146 Å². The van der Waals surface area contributed by atoms with Crippen molar-refractivity contribution in [1.82, 2.24) is 5.32 Å². The molecule has 138 valence electrons. The molecule has 1 fully saturated rings. The van der Waals surface area contributed by atoms with Gasteiger partial charge in [0.15, 0.2) is 0 Å². The van der Waals surface area contributed by atoms with Crippen molar-refractivity contribution in [2.24, 2.45) is 27.9 Å². The van der Waals surface area contributed by atoms with Crippen LogP contribution in [0, 0.1) is 6.92 Å². The molecule has 0 aromatic heterocycles. The molecule has 1 aliphatic carbocycles. The third-order valence-electron chi connectivity index (χ3n) is 3.96. The molecule has 0 bridgehead atoms. The largest absolute Gasteiger partial charge is 0.393 e. The Morgan fingerprint density at radius 1 is 1.20 bits per heavy atom. The third-order valence-corrected chi connectivity index (χ3v) is 3.96. The number of nitrogens with one attached hydrogen (secondary N) is 1. The van der Waals surface area contributed by atoms with Gasteiger partial charge in [0.05, 0.1) is 11.3 Å². The molecule has 0 spiro atoms. The highest BCUT2D eigenvalue weighted by molar-refractivity contribution is 6.20. The van der Waals surface area contributed by atoms with E-state index in [-0.39, 0.29) is 23.5 Å². The van der Waals surface area contributed by atoms with Crippen molar-refractivity contribution < 1.29 is 4.79 Å². The van der Waals surface area contributed by atoms with Crippen LogP contribution in [-0.2, 0) is 4.79 Å². The van der Waals surface area contributed by atoms with Crippen molar-refractivity contribution in [3.8, 4) is 0 Å². The van der Waals surface area contributed by atoms with Crippen LogP contribution < -0.4 is 28.3 Å². The Labute approximate surface area is 149 Å². The number of rotatable bonds is 4. The quantitative estimate of drug-likeness (QED) is 0.311. The van der Waals surface area contributed by atoms with Crippen LogP contribution in [0.1, 0.15) is 31.2 Å². The number of benzene rings is 1. The fraction of sp³-hybridized carbons (Fsp3) is 0.444. The second-order valence-corrected chi connectivity index (χ2v) is 6.16. The van der Waals surface area contributed by atoms with E-state index in [0.717, 1.165) is 18.4 Å². The van der Waals surface area contributed by atoms with E-state index in [4.69, 9.17) is 22.9 Å². The van der Waals surface area contributed by atoms with Gasteiger partial charge in [-0.2, -0.15) is 0 Å². The molecular weight excluding hydrogens is 316 g/mol. The minimum absolute atomic E-state index is 0.0949. The van der Waals surface area contributed by atoms with Crippen molar-refractivity contribution in [2.45, 2.75) is 44.7 Å². The van der Waals surface area contributed by atoms with Gasteiger partial charge in [-0.05, 0) is 37.5 Å². The first-order chi connectivity index (χ1) is 11.8. The van der Waals surface area contributed by atoms with Crippen LogP contribution in [-0.4, -0.2) is 30.9 Å². The van der Waals surface area contributed by atoms with Gasteiger partial charge in [0.25, 0.3) is 5.91 Å². The van der Waals surface area contributed by atoms with Crippen LogP contribution >= 0.6 is 0 Å². The summed E-state index contributed by atoms with van der Waals surface area (Å²) < 4.78 is 0. The summed E-state index contributed by atoms with van der Waals surface area (Å²) in [5.41, 5.74) is 24.1. The SMILES string of the molecule is CN/C=C(/C(N)=O)C(N)=Nc1cccc(C)c1.NC1CCCCC1N. The lowest BCUT2D eigenvalue weighted by Gasteiger charge is -2.24. The second-order valence-electron chi connectivity index (χ2n) is 6.16. The normalized spacial score (nSPS) is 21.1. The van der Waals surface area contributed by atoms with Crippen LogP contribution in [0.3, 0.4) is 0 Å². The molecule has 1 aliphatic rings. The monoisotopic (exact) mass is 346 g/mol. The maximum Gasteiger partial charge on any atom is 0.253 e. The lowest BCUT2D eigenvalue weighted by atomic mass is 9.92. The van der Waals surface area contributed by atoms with Gasteiger partial charge in [0, 0.05) is 25.3 Å². The van der Waals surface area contributed by atoms with Gasteiger partial charge < -0.3 is 28.3 Å². The van der Waals surface area contributed by atoms with E-state index in [2.05, 4.69) is 10.3 Å². The molecule has 2 atom stereocenters. The van der Waals surface area contributed by atoms with E-state index in [1.165, 1.54) is 19.0 Å². The zero-order valence-corrected chi connectivity index (χ0v) is 15.0. The first kappa shape index (κ1) is 20.7. The van der Waals surface area contributed by atoms with E-state index in [0.29, 0.717) is 5.69 Å². The molecule has 1 aromatic carbocycles. The van der Waals surface area contributed by atoms with Gasteiger partial charge in [0.2, 0.25) is 0 Å². The van der Waals surface area contributed by atoms with Crippen LogP contribution in [0.15, 0.2) is 41.0 Å². The number of carbonyl (C=O) groups excluding carboxylic acids is 1. The number of primary amides is 1. The molecule has 1 saturated carbocycles. The van der Waals surface area contributed by atoms with E-state index in [1.54, 1.807) is 13.1 Å². The number of nitrogens with two attached hydrogens (primary N) is 4. The Bertz CT molecular complexity index is 616. The van der Waals surface area contributed by atoms with Gasteiger partial charge in [-0.1, -0.05) is 25.0 Å². The number of hydrogen-bond donors (Lipinski definition) is 5. The number of aliphatic imine (C=N–C) groups is 1. The minimum atomic E-state index is -0.617. The average molecular weight is 346 g/mol. The number of hydrogen-bond acceptors (Lipinski definition) is 5. The second kappa shape index (κ2) is 10.5. The zero-order valence-electron chi connectivity index (χ0n) is 15.0. The molecule has 1 aromatic rings. The maximum atomic E-state index is 11.1. The van der Waals surface area contributed by atoms with Crippen molar-refractivity contribution in [2.75, 3.05) is 7.05 Å². The maximum absolute atomic E-state index is 11.1. The fourth-order valence-corrected chi connectivity index (χ4v) is 2.50. The number of aryl methyl sites for hydroxylation is 1. The van der Waals surface area contributed by atoms with Crippen molar-refractivity contribution >= 4 is 17.4 Å². The highest BCUT2D eigenvalue weighted by Crippen LogP contribution is 2.15. The Kier molecular flexibility index (Phi) is 8.66. The van der Waals surface area contributed by atoms with Crippen molar-refractivity contribution in [3.05, 3.63) is 41.6 Å². The molecule has 7 heteroatoms. The highest BCUT2D eigenvalue weighted by Gasteiger charge is 2.16. The van der Waals surface area contributed by atoms with E-state index in [9.17, 15) is 4.79 Å². The summed E-state index contributed by atoms with van der Waals surface area (Å²) in [7, 11) is 1.66. The number of carbonyl (C=O) groups is 1. The first-order valence-electron chi connectivity index (χ1n) is 8.44. The summed E-state index contributed by atoms with van der Waals surface area (Å²) in [6.07, 6.45) is 6.23. The van der Waals surface area contributed by atoms with Gasteiger partial charge in [-0.25, -0.2) is 4.99 Å². The molecular formula is C18H30N6O. The third kappa shape index (κ3) is 7.36. The van der Waals surface area contributed by atoms with Crippen LogP contribution in [0.5, 0.6) is 0 Å². The Morgan fingerprint density at radius 3 is 2.24 bits per heavy atom. The Morgan fingerprint density at radius 2 is 1.80 bits per heavy atom. The van der Waals surface area contributed by atoms with E-state index < -0.39 is 5.91 Å². The molecule has 1 amide bonds. The number of amides is 1. The minimum Gasteiger partial charge on any atom is -0.393 e. The smallest absolute Gasteiger partial charge is 0.253 e. The first-order valence-corrected chi connectivity index (χ1v) is 8.44. The molecule has 9 N–H and O–H groups in total. The molecule has 7 nitrogen and oxygen atoms in total. The van der Waals surface area contributed by atoms with Crippen LogP contribution in [0.4, 0.5) is 5.69 Å². The molecule has 0 aliphatic heterocycles. The summed E-state index contributed by atoms with van der Waals surface area (Å²) in [6.45, 7) is 1.95. The molecule has 2 unspecified atom stereocenters. The summed E-state index contributed by atoms with van der Waals surface area (Å²) in [6, 6.07) is 8.05. The lowest BCUT2D eigenvalue weighted by Crippen LogP contribution is -2.43. The van der Waals surface area contributed by atoms with Crippen LogP contribution in [0.2, 0.25) is 0 Å². The average Bonchev–Trinajstić information content (AvgIpc) is 2.55. The lowest BCUT2D eigenvalue weighted by molar-refractivity contribution is -0.114. The predicted molar refractivity (Wildman–Crippen MR) is 103 cm³/mol. The van der Waals surface area contributed by atoms with E-state index in [1.807, 2.05) is 25.1 Å². The van der Waals surface area contributed by atoms with Gasteiger partial charge >= 0.3 is 0 Å². The summed E-state index contributed by atoms with van der Waals surface area (Å²) >= 11 is 0. The highest BCUT2D eigenvalue weighted by atomic mass is 16.1. The summed E-state index contributed by atoms with van der Waals surface area (Å²) in [5.74, 6) is -0.522. The number of nitrogens with zero attached hydrogens (tertiary/aromatic N) is 1. The zero-order chi connectivity index (χ0) is 18.8. The predicted octanol–water partition coefficient (Wildman–Crippen LogP) is 0.787. The molecule has 25 heavy (non-hydrogen) atoms. The number of amidine groups is 1. The summed E-state index contributed by atoms with van der Waals surface area (Å²) in [5, 5.41) is 2.70. The van der Waals surface area contributed by atoms with Gasteiger partial charge in [-0.3, -0.25) is 4.79 Å². The molecule has 0 heterocycles. The molecule has 0 saturated heterocycles. The van der Waals surface area contributed by atoms with E-state index >= 15 is 0 Å². The fourth-order valence-electron chi connectivity index (χ4n) is 2.50.